The van der Waals surface area contributed by atoms with Crippen molar-refractivity contribution in [3.05, 3.63) is 24.3 Å². The molecule has 1 amide bonds. The second-order valence-electron chi connectivity index (χ2n) is 3.47. The maximum atomic E-state index is 11.5. The number of benzene rings is 1. The Morgan fingerprint density at radius 1 is 1.36 bits per heavy atom. The van der Waals surface area contributed by atoms with E-state index in [0.29, 0.717) is 5.69 Å². The number of hydrogen-bond acceptors (Lipinski definition) is 2. The maximum Gasteiger partial charge on any atom is 0.240 e. The molecule has 0 heterocycles. The molecule has 0 bridgehead atoms. The summed E-state index contributed by atoms with van der Waals surface area (Å²) in [5.74, 6) is 0.0595. The van der Waals surface area contributed by atoms with E-state index in [-0.39, 0.29) is 11.7 Å². The van der Waals surface area contributed by atoms with Gasteiger partial charge in [0.15, 0.2) is 0 Å². The summed E-state index contributed by atoms with van der Waals surface area (Å²) in [4.78, 5) is 11.5. The quantitative estimate of drug-likeness (QED) is 0.632. The molecule has 0 atom stereocenters. The van der Waals surface area contributed by atoms with Crippen LogP contribution >= 0.6 is 15.9 Å². The molecule has 3 nitrogen and oxygen atoms in total. The monoisotopic (exact) mass is 257 g/mol. The SMILES string of the molecule is CC(C)(Br)C(=O)Nc1ccc(O)cc1. The third-order valence-electron chi connectivity index (χ3n) is 1.67. The molecule has 0 fully saturated rings. The van der Waals surface area contributed by atoms with E-state index in [1.165, 1.54) is 12.1 Å². The van der Waals surface area contributed by atoms with E-state index in [4.69, 9.17) is 5.11 Å². The number of nitrogens with one attached hydrogen (secondary N) is 1. The Balaban J connectivity index is 2.71. The first-order valence-electron chi connectivity index (χ1n) is 4.19. The minimum absolute atomic E-state index is 0.122. The second-order valence-corrected chi connectivity index (χ2v) is 5.46. The summed E-state index contributed by atoms with van der Waals surface area (Å²) >= 11 is 3.25. The van der Waals surface area contributed by atoms with Crippen LogP contribution in [0.1, 0.15) is 13.8 Å². The first-order chi connectivity index (χ1) is 6.39. The van der Waals surface area contributed by atoms with Crippen LogP contribution in [0.2, 0.25) is 0 Å². The standard InChI is InChI=1S/C10H12BrNO2/c1-10(2,11)9(14)12-7-3-5-8(13)6-4-7/h3-6,13H,1-2H3,(H,12,14). The van der Waals surface area contributed by atoms with Crippen LogP contribution in [-0.4, -0.2) is 15.3 Å². The molecule has 0 saturated carbocycles. The number of anilines is 1. The van der Waals surface area contributed by atoms with E-state index in [9.17, 15) is 4.79 Å². The van der Waals surface area contributed by atoms with Crippen LogP contribution in [0.15, 0.2) is 24.3 Å². The zero-order valence-corrected chi connectivity index (χ0v) is 9.63. The van der Waals surface area contributed by atoms with Gasteiger partial charge in [0.25, 0.3) is 0 Å². The summed E-state index contributed by atoms with van der Waals surface area (Å²) in [6, 6.07) is 6.34. The van der Waals surface area contributed by atoms with Crippen molar-refractivity contribution in [2.45, 2.75) is 18.2 Å². The van der Waals surface area contributed by atoms with Gasteiger partial charge in [-0.25, -0.2) is 0 Å². The van der Waals surface area contributed by atoms with Gasteiger partial charge < -0.3 is 10.4 Å². The number of alkyl halides is 1. The molecule has 2 N–H and O–H groups in total. The summed E-state index contributed by atoms with van der Waals surface area (Å²) in [5, 5.41) is 11.7. The molecule has 0 saturated heterocycles. The van der Waals surface area contributed by atoms with Gasteiger partial charge in [-0.2, -0.15) is 0 Å². The van der Waals surface area contributed by atoms with Crippen molar-refractivity contribution in [2.24, 2.45) is 0 Å². The molecule has 0 radical (unpaired) electrons. The van der Waals surface area contributed by atoms with Crippen molar-refractivity contribution in [1.29, 1.82) is 0 Å². The van der Waals surface area contributed by atoms with Gasteiger partial charge >= 0.3 is 0 Å². The molecule has 0 aromatic heterocycles. The highest BCUT2D eigenvalue weighted by Gasteiger charge is 2.23. The number of phenolic OH excluding ortho intramolecular Hbond substituents is 1. The van der Waals surface area contributed by atoms with Crippen LogP contribution in [-0.2, 0) is 4.79 Å². The van der Waals surface area contributed by atoms with Crippen LogP contribution in [0, 0.1) is 0 Å². The molecular weight excluding hydrogens is 246 g/mol. The first-order valence-corrected chi connectivity index (χ1v) is 4.98. The van der Waals surface area contributed by atoms with Gasteiger partial charge in [-0.05, 0) is 38.1 Å². The molecule has 1 aromatic carbocycles. The summed E-state index contributed by atoms with van der Waals surface area (Å²) in [6.45, 7) is 3.53. The predicted octanol–water partition coefficient (Wildman–Crippen LogP) is 2.50. The fourth-order valence-corrected chi connectivity index (χ4v) is 0.924. The largest absolute Gasteiger partial charge is 0.508 e. The Bertz CT molecular complexity index is 327. The van der Waals surface area contributed by atoms with Gasteiger partial charge in [-0.3, -0.25) is 4.79 Å². The third-order valence-corrected chi connectivity index (χ3v) is 2.03. The van der Waals surface area contributed by atoms with E-state index < -0.39 is 4.32 Å². The Morgan fingerprint density at radius 3 is 2.29 bits per heavy atom. The smallest absolute Gasteiger partial charge is 0.240 e. The lowest BCUT2D eigenvalue weighted by Crippen LogP contribution is -2.30. The van der Waals surface area contributed by atoms with Gasteiger partial charge in [-0.15, -0.1) is 0 Å². The fourth-order valence-electron chi connectivity index (χ4n) is 0.824. The highest BCUT2D eigenvalue weighted by molar-refractivity contribution is 9.10. The van der Waals surface area contributed by atoms with Gasteiger partial charge in [0, 0.05) is 5.69 Å². The minimum atomic E-state index is -0.592. The number of hydrogen-bond donors (Lipinski definition) is 2. The normalized spacial score (nSPS) is 11.1. The topological polar surface area (TPSA) is 49.3 Å². The predicted molar refractivity (Wildman–Crippen MR) is 59.7 cm³/mol. The molecule has 1 rings (SSSR count). The van der Waals surface area contributed by atoms with Crippen molar-refractivity contribution in [2.75, 3.05) is 5.32 Å². The average Bonchev–Trinajstić information content (AvgIpc) is 2.07. The number of halogens is 1. The van der Waals surface area contributed by atoms with Crippen LogP contribution in [0.3, 0.4) is 0 Å². The van der Waals surface area contributed by atoms with E-state index in [2.05, 4.69) is 21.2 Å². The lowest BCUT2D eigenvalue weighted by molar-refractivity contribution is -0.117. The average molecular weight is 258 g/mol. The summed E-state index contributed by atoms with van der Waals surface area (Å²) in [6.07, 6.45) is 0. The van der Waals surface area contributed by atoms with Crippen LogP contribution in [0.5, 0.6) is 5.75 Å². The number of phenols is 1. The summed E-state index contributed by atoms with van der Waals surface area (Å²) in [7, 11) is 0. The van der Waals surface area contributed by atoms with E-state index >= 15 is 0 Å². The van der Waals surface area contributed by atoms with Crippen molar-refractivity contribution in [3.8, 4) is 5.75 Å². The molecule has 0 spiro atoms. The Morgan fingerprint density at radius 2 is 1.86 bits per heavy atom. The summed E-state index contributed by atoms with van der Waals surface area (Å²) in [5.41, 5.74) is 0.667. The zero-order valence-electron chi connectivity index (χ0n) is 8.04. The van der Waals surface area contributed by atoms with E-state index in [1.807, 2.05) is 0 Å². The van der Waals surface area contributed by atoms with Crippen molar-refractivity contribution in [3.63, 3.8) is 0 Å². The minimum Gasteiger partial charge on any atom is -0.508 e. The van der Waals surface area contributed by atoms with Crippen molar-refractivity contribution >= 4 is 27.5 Å². The van der Waals surface area contributed by atoms with Crippen molar-refractivity contribution in [1.82, 2.24) is 0 Å². The molecule has 14 heavy (non-hydrogen) atoms. The summed E-state index contributed by atoms with van der Waals surface area (Å²) < 4.78 is -0.592. The molecule has 0 aliphatic rings. The molecule has 76 valence electrons. The lowest BCUT2D eigenvalue weighted by Gasteiger charge is -2.15. The van der Waals surface area contributed by atoms with E-state index in [1.54, 1.807) is 26.0 Å². The fraction of sp³-hybridized carbons (Fsp3) is 0.300. The molecule has 0 aliphatic carbocycles. The maximum absolute atomic E-state index is 11.5. The second kappa shape index (κ2) is 4.00. The number of carbonyl (C=O) groups is 1. The van der Waals surface area contributed by atoms with Gasteiger partial charge in [0.2, 0.25) is 5.91 Å². The number of amides is 1. The number of carbonyl (C=O) groups excluding carboxylic acids is 1. The third kappa shape index (κ3) is 3.03. The van der Waals surface area contributed by atoms with Crippen LogP contribution in [0.4, 0.5) is 5.69 Å². The Hall–Kier alpha value is -1.03. The highest BCUT2D eigenvalue weighted by Crippen LogP contribution is 2.20. The van der Waals surface area contributed by atoms with Crippen LogP contribution < -0.4 is 5.32 Å². The van der Waals surface area contributed by atoms with E-state index in [0.717, 1.165) is 0 Å². The van der Waals surface area contributed by atoms with Gasteiger partial charge in [-0.1, -0.05) is 15.9 Å². The Kier molecular flexibility index (Phi) is 3.16. The lowest BCUT2D eigenvalue weighted by atomic mass is 10.2. The molecule has 1 aromatic rings. The Labute approximate surface area is 91.3 Å². The number of rotatable bonds is 2. The van der Waals surface area contributed by atoms with Crippen LogP contribution in [0.25, 0.3) is 0 Å². The molecule has 0 unspecified atom stereocenters. The highest BCUT2D eigenvalue weighted by atomic mass is 79.9. The molecular formula is C10H12BrNO2. The first kappa shape index (κ1) is 11.0. The number of aromatic hydroxyl groups is 1. The molecule has 0 aliphatic heterocycles. The zero-order chi connectivity index (χ0) is 10.8. The van der Waals surface area contributed by atoms with Crippen molar-refractivity contribution < 1.29 is 9.90 Å². The van der Waals surface area contributed by atoms with Gasteiger partial charge in [0.1, 0.15) is 5.75 Å². The van der Waals surface area contributed by atoms with Gasteiger partial charge in [0.05, 0.1) is 4.32 Å². The molecule has 4 heteroatoms.